The van der Waals surface area contributed by atoms with Gasteiger partial charge in [-0.2, -0.15) is 0 Å². The van der Waals surface area contributed by atoms with Crippen LogP contribution in [0.5, 0.6) is 0 Å². The lowest BCUT2D eigenvalue weighted by Crippen LogP contribution is -1.93. The van der Waals surface area contributed by atoms with Crippen molar-refractivity contribution in [3.05, 3.63) is 206 Å². The van der Waals surface area contributed by atoms with Gasteiger partial charge in [0.1, 0.15) is 0 Å². The number of hydrogen-bond donors (Lipinski definition) is 0. The van der Waals surface area contributed by atoms with Gasteiger partial charge in [-0.15, -0.1) is 11.3 Å². The molecule has 10 aromatic carbocycles. The Bertz CT molecular complexity index is 3240. The van der Waals surface area contributed by atoms with Crippen molar-refractivity contribution in [2.75, 3.05) is 0 Å². The van der Waals surface area contributed by atoms with E-state index in [0.717, 1.165) is 10.8 Å². The zero-order valence-corrected chi connectivity index (χ0v) is 30.8. The zero-order valence-electron chi connectivity index (χ0n) is 31.0. The summed E-state index contributed by atoms with van der Waals surface area (Å²) in [6.07, 6.45) is 0. The van der Waals surface area contributed by atoms with Crippen molar-refractivity contribution in [2.45, 2.75) is 0 Å². The van der Waals surface area contributed by atoms with Gasteiger partial charge in [0.2, 0.25) is 0 Å². The Kier molecular flexibility index (Phi) is 7.21. The van der Waals surface area contributed by atoms with E-state index in [9.17, 15) is 0 Å². The Hall–Kier alpha value is -6.80. The number of benzene rings is 10. The molecule has 0 saturated heterocycles. The molecule has 0 bridgehead atoms. The summed E-state index contributed by atoms with van der Waals surface area (Å²) < 4.78 is 10.7. The van der Waals surface area contributed by atoms with Gasteiger partial charge < -0.3 is 0 Å². The number of hydrogen-bond acceptors (Lipinski definition) is 1. The maximum Gasteiger partial charge on any atom is 0.0623 e. The van der Waals surface area contributed by atoms with E-state index in [2.05, 4.69) is 188 Å². The second-order valence-corrected chi connectivity index (χ2v) is 15.4. The first-order chi connectivity index (χ1) is 27.7. The summed E-state index contributed by atoms with van der Waals surface area (Å²) in [4.78, 5) is 0. The Labute approximate surface area is 325 Å². The third kappa shape index (κ3) is 5.28. The summed E-state index contributed by atoms with van der Waals surface area (Å²) in [7, 11) is 0. The molecule has 55 heavy (non-hydrogen) atoms. The van der Waals surface area contributed by atoms with Crippen molar-refractivity contribution in [1.82, 2.24) is 0 Å². The van der Waals surface area contributed by atoms with Crippen molar-refractivity contribution in [1.29, 1.82) is 0 Å². The third-order valence-electron chi connectivity index (χ3n) is 11.2. The van der Waals surface area contributed by atoms with Gasteiger partial charge in [0.05, 0.1) is 1.37 Å². The molecular weight excluding hydrogens is 681 g/mol. The molecule has 0 nitrogen and oxygen atoms in total. The van der Waals surface area contributed by atoms with Gasteiger partial charge in [-0.25, -0.2) is 0 Å². The molecule has 0 fully saturated rings. The van der Waals surface area contributed by atoms with E-state index in [0.29, 0.717) is 6.04 Å². The average molecular weight is 716 g/mol. The van der Waals surface area contributed by atoms with Gasteiger partial charge in [0.25, 0.3) is 0 Å². The fourth-order valence-electron chi connectivity index (χ4n) is 8.67. The number of rotatable bonds is 5. The van der Waals surface area contributed by atoms with E-state index in [1.807, 2.05) is 23.5 Å². The maximum atomic E-state index is 8.10. The minimum absolute atomic E-state index is 0.532. The van der Waals surface area contributed by atoms with Crippen molar-refractivity contribution < 1.29 is 1.37 Å². The second kappa shape index (κ2) is 13.0. The molecule has 256 valence electrons. The van der Waals surface area contributed by atoms with Gasteiger partial charge in [0, 0.05) is 20.2 Å². The van der Waals surface area contributed by atoms with Crippen LogP contribution in [0.25, 0.3) is 108 Å². The largest absolute Gasteiger partial charge is 0.135 e. The van der Waals surface area contributed by atoms with Crippen LogP contribution in [0, 0.1) is 0 Å². The highest BCUT2D eigenvalue weighted by molar-refractivity contribution is 7.26. The first kappa shape index (κ1) is 30.6. The molecule has 0 amide bonds. The third-order valence-corrected chi connectivity index (χ3v) is 12.3. The van der Waals surface area contributed by atoms with Crippen LogP contribution in [0.15, 0.2) is 206 Å². The molecule has 0 aliphatic rings. The molecule has 0 aliphatic carbocycles. The Morgan fingerprint density at radius 3 is 1.69 bits per heavy atom. The molecule has 11 rings (SSSR count). The molecule has 0 radical (unpaired) electrons. The molecule has 0 unspecified atom stereocenters. The van der Waals surface area contributed by atoms with E-state index in [1.54, 1.807) is 0 Å². The quantitative estimate of drug-likeness (QED) is 0.156. The van der Waals surface area contributed by atoms with Crippen molar-refractivity contribution >= 4 is 63.8 Å². The molecule has 11 aromatic rings. The van der Waals surface area contributed by atoms with Crippen LogP contribution in [-0.4, -0.2) is 0 Å². The zero-order chi connectivity index (χ0) is 37.2. The minimum atomic E-state index is 0.532. The Balaban J connectivity index is 1.06. The average Bonchev–Trinajstić information content (AvgIpc) is 3.64. The van der Waals surface area contributed by atoms with Crippen molar-refractivity contribution in [2.24, 2.45) is 0 Å². The molecular formula is C54H34S. The number of thiophene rings is 1. The first-order valence-electron chi connectivity index (χ1n) is 19.3. The highest BCUT2D eigenvalue weighted by atomic mass is 32.1. The fraction of sp³-hybridized carbons (Fsp3) is 0. The summed E-state index contributed by atoms with van der Waals surface area (Å²) in [6, 6.07) is 73.1. The van der Waals surface area contributed by atoms with Crippen LogP contribution < -0.4 is 0 Å². The SMILES string of the molecule is [2H]c1ccc2cc(-c3ccccc3-c3c4ccccc4c(-c4ccc(-c5cccc6sc7cc(-c8ccccc8)ccc7c56)cc4)c4ccccc34)ccc2c1. The van der Waals surface area contributed by atoms with Gasteiger partial charge in [0.15, 0.2) is 0 Å². The first-order valence-corrected chi connectivity index (χ1v) is 19.6. The van der Waals surface area contributed by atoms with E-state index in [4.69, 9.17) is 1.37 Å². The van der Waals surface area contributed by atoms with E-state index in [1.165, 1.54) is 97.4 Å². The lowest BCUT2D eigenvalue weighted by atomic mass is 9.83. The summed E-state index contributed by atoms with van der Waals surface area (Å²) in [5.74, 6) is 0. The molecule has 0 aliphatic heterocycles. The van der Waals surface area contributed by atoms with Gasteiger partial charge in [-0.1, -0.05) is 188 Å². The van der Waals surface area contributed by atoms with Crippen molar-refractivity contribution in [3.8, 4) is 55.6 Å². The Morgan fingerprint density at radius 2 is 0.927 bits per heavy atom. The topological polar surface area (TPSA) is 0 Å². The molecule has 1 aromatic heterocycles. The summed E-state index contributed by atoms with van der Waals surface area (Å²) in [5.41, 5.74) is 12.3. The molecule has 0 spiro atoms. The van der Waals surface area contributed by atoms with Crippen LogP contribution in [0.1, 0.15) is 1.37 Å². The predicted molar refractivity (Wildman–Crippen MR) is 239 cm³/mol. The normalized spacial score (nSPS) is 11.9. The Morgan fingerprint density at radius 1 is 0.309 bits per heavy atom. The molecule has 1 heteroatoms. The summed E-state index contributed by atoms with van der Waals surface area (Å²) in [6.45, 7) is 0. The molecule has 0 N–H and O–H groups in total. The van der Waals surface area contributed by atoms with E-state index >= 15 is 0 Å². The van der Waals surface area contributed by atoms with Gasteiger partial charge in [-0.3, -0.25) is 0 Å². The summed E-state index contributed by atoms with van der Waals surface area (Å²) >= 11 is 1.88. The van der Waals surface area contributed by atoms with E-state index in [-0.39, 0.29) is 0 Å². The summed E-state index contributed by atoms with van der Waals surface area (Å²) in [5, 5.41) is 9.82. The van der Waals surface area contributed by atoms with Crippen molar-refractivity contribution in [3.63, 3.8) is 0 Å². The monoisotopic (exact) mass is 715 g/mol. The lowest BCUT2D eigenvalue weighted by molar-refractivity contribution is 1.62. The van der Waals surface area contributed by atoms with Crippen LogP contribution in [0.3, 0.4) is 0 Å². The van der Waals surface area contributed by atoms with E-state index < -0.39 is 0 Å². The van der Waals surface area contributed by atoms with Crippen LogP contribution in [-0.2, 0) is 0 Å². The highest BCUT2D eigenvalue weighted by Gasteiger charge is 2.19. The smallest absolute Gasteiger partial charge is 0.0623 e. The minimum Gasteiger partial charge on any atom is -0.135 e. The van der Waals surface area contributed by atoms with Crippen LogP contribution in [0.4, 0.5) is 0 Å². The van der Waals surface area contributed by atoms with Gasteiger partial charge in [-0.05, 0) is 106 Å². The highest BCUT2D eigenvalue weighted by Crippen LogP contribution is 2.47. The second-order valence-electron chi connectivity index (χ2n) is 14.3. The fourth-order valence-corrected chi connectivity index (χ4v) is 9.84. The maximum absolute atomic E-state index is 8.10. The standard InChI is InChI=1S/C54H34S/c1-2-13-35(14-3-1)40-31-32-49-51(34-40)55-50-24-12-23-43(54(49)50)37-26-28-38(29-27-37)52-45-19-8-10-21-47(45)53(48-22-11-9-20-46(48)52)44-18-7-6-17-42(44)41-30-25-36-15-4-5-16-39(36)33-41/h1-34H/i4D. The number of fused-ring (bicyclic) bond motifs is 6. The lowest BCUT2D eigenvalue weighted by Gasteiger charge is -2.20. The predicted octanol–water partition coefficient (Wildman–Crippen LogP) is 15.8. The molecule has 0 saturated carbocycles. The molecule has 1 heterocycles. The van der Waals surface area contributed by atoms with Crippen LogP contribution in [0.2, 0.25) is 0 Å². The van der Waals surface area contributed by atoms with Gasteiger partial charge >= 0.3 is 0 Å². The molecule has 0 atom stereocenters. The van der Waals surface area contributed by atoms with Crippen LogP contribution >= 0.6 is 11.3 Å².